The van der Waals surface area contributed by atoms with Gasteiger partial charge in [0, 0.05) is 12.0 Å². The maximum absolute atomic E-state index is 12.2. The van der Waals surface area contributed by atoms with Gasteiger partial charge in [-0.1, -0.05) is 60.7 Å². The molecule has 2 amide bonds. The molecule has 0 spiro atoms. The molecule has 142 valence electrons. The normalized spacial score (nSPS) is 11.6. The third kappa shape index (κ3) is 4.73. The first-order valence-electron chi connectivity index (χ1n) is 8.86. The second-order valence-corrected chi connectivity index (χ2v) is 6.35. The Labute approximate surface area is 162 Å². The van der Waals surface area contributed by atoms with Gasteiger partial charge in [0.1, 0.15) is 6.04 Å². The summed E-state index contributed by atoms with van der Waals surface area (Å²) in [7, 11) is 0. The summed E-state index contributed by atoms with van der Waals surface area (Å²) in [6, 6.07) is 20.7. The molecule has 28 heavy (non-hydrogen) atoms. The van der Waals surface area contributed by atoms with Gasteiger partial charge in [0.25, 0.3) is 5.91 Å². The molecule has 0 heterocycles. The Hall–Kier alpha value is -3.67. The lowest BCUT2D eigenvalue weighted by Gasteiger charge is -2.16. The highest BCUT2D eigenvalue weighted by molar-refractivity contribution is 5.97. The zero-order chi connectivity index (χ0) is 19.9. The van der Waals surface area contributed by atoms with Crippen LogP contribution in [0.4, 0.5) is 0 Å². The van der Waals surface area contributed by atoms with Crippen LogP contribution < -0.4 is 10.6 Å². The number of carboxylic acid groups (broad SMARTS) is 1. The van der Waals surface area contributed by atoms with E-state index >= 15 is 0 Å². The number of aliphatic carboxylic acids is 1. The predicted octanol–water partition coefficient (Wildman–Crippen LogP) is 2.38. The lowest BCUT2D eigenvalue weighted by molar-refractivity contribution is -0.141. The fourth-order valence-corrected chi connectivity index (χ4v) is 2.99. The number of fused-ring (bicyclic) bond motifs is 1. The Balaban J connectivity index is 1.63. The minimum Gasteiger partial charge on any atom is -0.480 e. The van der Waals surface area contributed by atoms with Crippen molar-refractivity contribution in [2.75, 3.05) is 6.54 Å². The van der Waals surface area contributed by atoms with Crippen LogP contribution >= 0.6 is 0 Å². The molecule has 3 aromatic rings. The van der Waals surface area contributed by atoms with E-state index in [9.17, 15) is 19.5 Å². The minimum absolute atomic E-state index is 0.148. The zero-order valence-corrected chi connectivity index (χ0v) is 15.1. The lowest BCUT2D eigenvalue weighted by Crippen LogP contribution is -2.46. The third-order valence-electron chi connectivity index (χ3n) is 4.38. The quantitative estimate of drug-likeness (QED) is 0.590. The molecule has 1 atom stereocenters. The van der Waals surface area contributed by atoms with Crippen LogP contribution in [0.25, 0.3) is 10.8 Å². The molecule has 0 aliphatic carbocycles. The van der Waals surface area contributed by atoms with Crippen molar-refractivity contribution in [2.24, 2.45) is 0 Å². The lowest BCUT2D eigenvalue weighted by atomic mass is 9.99. The van der Waals surface area contributed by atoms with Crippen molar-refractivity contribution in [3.8, 4) is 0 Å². The second kappa shape index (κ2) is 8.81. The van der Waals surface area contributed by atoms with Crippen molar-refractivity contribution in [1.82, 2.24) is 10.6 Å². The smallest absolute Gasteiger partial charge is 0.326 e. The van der Waals surface area contributed by atoms with Crippen LogP contribution in [0.1, 0.15) is 15.9 Å². The molecule has 0 saturated carbocycles. The summed E-state index contributed by atoms with van der Waals surface area (Å²) >= 11 is 0. The maximum Gasteiger partial charge on any atom is 0.326 e. The maximum atomic E-state index is 12.2. The summed E-state index contributed by atoms with van der Waals surface area (Å²) in [5, 5.41) is 16.4. The topological polar surface area (TPSA) is 95.5 Å². The van der Waals surface area contributed by atoms with Crippen molar-refractivity contribution >= 4 is 28.6 Å². The number of hydrogen-bond acceptors (Lipinski definition) is 3. The molecule has 0 radical (unpaired) electrons. The molecule has 3 aromatic carbocycles. The fourth-order valence-electron chi connectivity index (χ4n) is 2.99. The first kappa shape index (κ1) is 19.1. The molecule has 0 aliphatic rings. The Morgan fingerprint density at radius 2 is 1.54 bits per heavy atom. The molecule has 0 bridgehead atoms. The molecular formula is C22H20N2O4. The van der Waals surface area contributed by atoms with Crippen LogP contribution in [0.5, 0.6) is 0 Å². The van der Waals surface area contributed by atoms with Gasteiger partial charge in [0.2, 0.25) is 5.91 Å². The Kier molecular flexibility index (Phi) is 6.01. The van der Waals surface area contributed by atoms with Crippen molar-refractivity contribution in [2.45, 2.75) is 12.5 Å². The van der Waals surface area contributed by atoms with Crippen LogP contribution in [-0.4, -0.2) is 35.5 Å². The molecule has 0 aliphatic heterocycles. The first-order valence-corrected chi connectivity index (χ1v) is 8.86. The van der Waals surface area contributed by atoms with E-state index in [4.69, 9.17) is 0 Å². The molecular weight excluding hydrogens is 356 g/mol. The van der Waals surface area contributed by atoms with Crippen LogP contribution in [0.3, 0.4) is 0 Å². The van der Waals surface area contributed by atoms with Crippen molar-refractivity contribution in [1.29, 1.82) is 0 Å². The van der Waals surface area contributed by atoms with Gasteiger partial charge in [-0.25, -0.2) is 4.79 Å². The molecule has 0 unspecified atom stereocenters. The van der Waals surface area contributed by atoms with E-state index in [0.717, 1.165) is 16.3 Å². The van der Waals surface area contributed by atoms with E-state index in [0.29, 0.717) is 5.56 Å². The van der Waals surface area contributed by atoms with Crippen molar-refractivity contribution < 1.29 is 19.5 Å². The van der Waals surface area contributed by atoms with Crippen molar-refractivity contribution in [3.05, 3.63) is 83.9 Å². The number of carbonyl (C=O) groups excluding carboxylic acids is 2. The van der Waals surface area contributed by atoms with Crippen molar-refractivity contribution in [3.63, 3.8) is 0 Å². The van der Waals surface area contributed by atoms with Gasteiger partial charge in [0.15, 0.2) is 0 Å². The zero-order valence-electron chi connectivity index (χ0n) is 15.1. The van der Waals surface area contributed by atoms with E-state index in [2.05, 4.69) is 10.6 Å². The number of carbonyl (C=O) groups is 3. The predicted molar refractivity (Wildman–Crippen MR) is 106 cm³/mol. The van der Waals surface area contributed by atoms with Gasteiger partial charge in [-0.15, -0.1) is 0 Å². The highest BCUT2D eigenvalue weighted by Gasteiger charge is 2.21. The Bertz CT molecular complexity index is 996. The standard InChI is InChI=1S/C22H20N2O4/c25-20(14-23-21(26)16-8-2-1-3-9-16)24-19(22(27)28)13-17-11-6-10-15-7-4-5-12-18(15)17/h1-12,19H,13-14H2,(H,23,26)(H,24,25)(H,27,28)/t19-/m1/s1. The second-order valence-electron chi connectivity index (χ2n) is 6.35. The monoisotopic (exact) mass is 376 g/mol. The van der Waals surface area contributed by atoms with Crippen LogP contribution in [0.15, 0.2) is 72.8 Å². The molecule has 3 N–H and O–H groups in total. The molecule has 6 nitrogen and oxygen atoms in total. The minimum atomic E-state index is -1.13. The summed E-state index contributed by atoms with van der Waals surface area (Å²) in [4.78, 5) is 35.8. The Morgan fingerprint density at radius 3 is 2.29 bits per heavy atom. The summed E-state index contributed by atoms with van der Waals surface area (Å²) in [5.41, 5.74) is 1.26. The molecule has 3 rings (SSSR count). The van der Waals surface area contributed by atoms with E-state index in [1.807, 2.05) is 42.5 Å². The van der Waals surface area contributed by atoms with Gasteiger partial charge in [-0.3, -0.25) is 9.59 Å². The van der Waals surface area contributed by atoms with E-state index in [1.165, 1.54) is 0 Å². The summed E-state index contributed by atoms with van der Waals surface area (Å²) < 4.78 is 0. The molecule has 0 fully saturated rings. The van der Waals surface area contributed by atoms with Crippen LogP contribution in [0, 0.1) is 0 Å². The summed E-state index contributed by atoms with van der Waals surface area (Å²) in [6.07, 6.45) is 0.148. The summed E-state index contributed by atoms with van der Waals surface area (Å²) in [6.45, 7) is -0.299. The van der Waals surface area contributed by atoms with E-state index in [-0.39, 0.29) is 13.0 Å². The molecule has 0 saturated heterocycles. The van der Waals surface area contributed by atoms with Gasteiger partial charge < -0.3 is 15.7 Å². The number of amides is 2. The largest absolute Gasteiger partial charge is 0.480 e. The SMILES string of the molecule is O=C(CNC(=O)c1ccccc1)N[C@H](Cc1cccc2ccccc12)C(=O)O. The van der Waals surface area contributed by atoms with Crippen LogP contribution in [0.2, 0.25) is 0 Å². The van der Waals surface area contributed by atoms with Gasteiger partial charge >= 0.3 is 5.97 Å². The third-order valence-corrected chi connectivity index (χ3v) is 4.38. The highest BCUT2D eigenvalue weighted by atomic mass is 16.4. The number of benzene rings is 3. The number of hydrogen-bond donors (Lipinski definition) is 3. The van der Waals surface area contributed by atoms with Gasteiger partial charge in [-0.05, 0) is 28.5 Å². The highest BCUT2D eigenvalue weighted by Crippen LogP contribution is 2.19. The number of carboxylic acids is 1. The average Bonchev–Trinajstić information content (AvgIpc) is 2.72. The van der Waals surface area contributed by atoms with E-state index in [1.54, 1.807) is 30.3 Å². The number of nitrogens with one attached hydrogen (secondary N) is 2. The summed E-state index contributed by atoms with van der Waals surface area (Å²) in [5.74, 6) is -2.08. The molecule has 6 heteroatoms. The average molecular weight is 376 g/mol. The fraction of sp³-hybridized carbons (Fsp3) is 0.136. The Morgan fingerprint density at radius 1 is 0.857 bits per heavy atom. The number of rotatable bonds is 7. The van der Waals surface area contributed by atoms with Gasteiger partial charge in [0.05, 0.1) is 6.54 Å². The van der Waals surface area contributed by atoms with Gasteiger partial charge in [-0.2, -0.15) is 0 Å². The molecule has 0 aromatic heterocycles. The van der Waals surface area contributed by atoms with Crippen LogP contribution in [-0.2, 0) is 16.0 Å². The van der Waals surface area contributed by atoms with E-state index < -0.39 is 23.8 Å². The first-order chi connectivity index (χ1) is 13.5.